The number of H-pyrrole nitrogens is 2. The number of fused-ring (bicyclic) bond motifs is 8. The lowest BCUT2D eigenvalue weighted by molar-refractivity contribution is -0.122. The highest BCUT2D eigenvalue weighted by Gasteiger charge is 2.37. The molecule has 136 valence electrons. The summed E-state index contributed by atoms with van der Waals surface area (Å²) in [5, 5.41) is 4.51. The van der Waals surface area contributed by atoms with E-state index >= 15 is 0 Å². The highest BCUT2D eigenvalue weighted by molar-refractivity contribution is 6.51. The van der Waals surface area contributed by atoms with E-state index in [1.807, 2.05) is 48.5 Å². The lowest BCUT2D eigenvalue weighted by atomic mass is 9.93. The second-order valence-electron chi connectivity index (χ2n) is 7.44. The Labute approximate surface area is 160 Å². The van der Waals surface area contributed by atoms with E-state index in [0.717, 1.165) is 63.6 Å². The molecule has 6 rings (SSSR count). The van der Waals surface area contributed by atoms with Gasteiger partial charge in [0, 0.05) is 44.3 Å². The topological polar surface area (TPSA) is 77.8 Å². The molecule has 0 fully saturated rings. The van der Waals surface area contributed by atoms with Gasteiger partial charge >= 0.3 is 0 Å². The highest BCUT2D eigenvalue weighted by atomic mass is 16.2. The number of nitrogens with one attached hydrogen (secondary N) is 3. The molecule has 0 spiro atoms. The van der Waals surface area contributed by atoms with Gasteiger partial charge in [0.25, 0.3) is 11.8 Å². The third-order valence-electron chi connectivity index (χ3n) is 5.85. The minimum atomic E-state index is -0.316. The molecule has 2 aromatic carbocycles. The fourth-order valence-electron chi connectivity index (χ4n) is 4.72. The van der Waals surface area contributed by atoms with E-state index in [0.29, 0.717) is 11.1 Å². The molecule has 0 saturated heterocycles. The summed E-state index contributed by atoms with van der Waals surface area (Å²) >= 11 is 0. The van der Waals surface area contributed by atoms with E-state index in [1.165, 1.54) is 0 Å². The predicted molar refractivity (Wildman–Crippen MR) is 109 cm³/mol. The van der Waals surface area contributed by atoms with E-state index in [-0.39, 0.29) is 11.8 Å². The average molecular weight is 367 g/mol. The van der Waals surface area contributed by atoms with Crippen molar-refractivity contribution in [2.75, 3.05) is 0 Å². The molecule has 2 aliphatic rings. The molecule has 1 aliphatic heterocycles. The lowest BCUT2D eigenvalue weighted by Crippen LogP contribution is -2.23. The van der Waals surface area contributed by atoms with Crippen LogP contribution in [0.4, 0.5) is 0 Å². The number of imide groups is 1. The van der Waals surface area contributed by atoms with Crippen LogP contribution in [0.15, 0.2) is 48.5 Å². The second-order valence-corrected chi connectivity index (χ2v) is 7.44. The maximum Gasteiger partial charge on any atom is 0.259 e. The van der Waals surface area contributed by atoms with Gasteiger partial charge in [0.1, 0.15) is 0 Å². The van der Waals surface area contributed by atoms with Crippen LogP contribution >= 0.6 is 0 Å². The molecule has 0 bridgehead atoms. The Hall–Kier alpha value is -3.60. The molecule has 4 aromatic rings. The summed E-state index contributed by atoms with van der Waals surface area (Å²) in [6.45, 7) is 0. The van der Waals surface area contributed by atoms with Crippen molar-refractivity contribution >= 4 is 44.8 Å². The molecule has 5 heteroatoms. The smallest absolute Gasteiger partial charge is 0.259 e. The fourth-order valence-corrected chi connectivity index (χ4v) is 4.72. The third-order valence-corrected chi connectivity index (χ3v) is 5.85. The average Bonchev–Trinajstić information content (AvgIpc) is 3.32. The molecule has 3 N–H and O–H groups in total. The van der Waals surface area contributed by atoms with Gasteiger partial charge in [-0.2, -0.15) is 0 Å². The fraction of sp³-hybridized carbons (Fsp3) is 0.130. The van der Waals surface area contributed by atoms with E-state index in [1.54, 1.807) is 0 Å². The molecule has 2 aromatic heterocycles. The molecular formula is C23H17N3O2. The van der Waals surface area contributed by atoms with Crippen molar-refractivity contribution in [1.29, 1.82) is 0 Å². The Bertz CT molecular complexity index is 1250. The van der Waals surface area contributed by atoms with Gasteiger partial charge in [0.15, 0.2) is 0 Å². The van der Waals surface area contributed by atoms with Gasteiger partial charge in [0.2, 0.25) is 0 Å². The van der Waals surface area contributed by atoms with Crippen LogP contribution in [0.5, 0.6) is 0 Å². The van der Waals surface area contributed by atoms with Crippen molar-refractivity contribution in [1.82, 2.24) is 15.3 Å². The summed E-state index contributed by atoms with van der Waals surface area (Å²) in [5.41, 5.74) is 6.74. The van der Waals surface area contributed by atoms with E-state index in [2.05, 4.69) is 15.3 Å². The van der Waals surface area contributed by atoms with Crippen LogP contribution < -0.4 is 5.32 Å². The molecule has 1 aliphatic carbocycles. The first kappa shape index (κ1) is 15.5. The first-order valence-corrected chi connectivity index (χ1v) is 9.52. The number of aromatic nitrogens is 2. The quantitative estimate of drug-likeness (QED) is 0.414. The van der Waals surface area contributed by atoms with Gasteiger partial charge in [-0.15, -0.1) is 0 Å². The summed E-state index contributed by atoms with van der Waals surface area (Å²) in [7, 11) is 0. The van der Waals surface area contributed by atoms with Crippen LogP contribution in [0.1, 0.15) is 28.9 Å². The third kappa shape index (κ3) is 1.96. The Morgan fingerprint density at radius 1 is 0.643 bits per heavy atom. The first-order chi connectivity index (χ1) is 13.7. The highest BCUT2D eigenvalue weighted by Crippen LogP contribution is 2.42. The monoisotopic (exact) mass is 367 g/mol. The first-order valence-electron chi connectivity index (χ1n) is 9.52. The predicted octanol–water partition coefficient (Wildman–Crippen LogP) is 3.71. The maximum atomic E-state index is 13.0. The molecule has 0 atom stereocenters. The molecule has 28 heavy (non-hydrogen) atoms. The molecule has 3 heterocycles. The van der Waals surface area contributed by atoms with Gasteiger partial charge in [-0.05, 0) is 31.4 Å². The van der Waals surface area contributed by atoms with Crippen LogP contribution in [-0.2, 0) is 22.4 Å². The van der Waals surface area contributed by atoms with Crippen LogP contribution in [-0.4, -0.2) is 21.8 Å². The Kier molecular flexibility index (Phi) is 3.01. The van der Waals surface area contributed by atoms with Crippen LogP contribution in [0.3, 0.4) is 0 Å². The molecular weight excluding hydrogens is 350 g/mol. The Morgan fingerprint density at radius 3 is 1.61 bits per heavy atom. The zero-order chi connectivity index (χ0) is 18.8. The van der Waals surface area contributed by atoms with Crippen molar-refractivity contribution in [3.05, 3.63) is 71.0 Å². The Balaban J connectivity index is 1.79. The zero-order valence-electron chi connectivity index (χ0n) is 15.1. The number of hydrogen-bond acceptors (Lipinski definition) is 2. The van der Waals surface area contributed by atoms with Gasteiger partial charge < -0.3 is 9.97 Å². The second kappa shape index (κ2) is 5.45. The van der Waals surface area contributed by atoms with Gasteiger partial charge in [-0.1, -0.05) is 36.4 Å². The van der Waals surface area contributed by atoms with Crippen LogP contribution in [0.25, 0.3) is 33.0 Å². The summed E-state index contributed by atoms with van der Waals surface area (Å²) in [6.07, 6.45) is 2.56. The molecule has 2 amide bonds. The summed E-state index contributed by atoms with van der Waals surface area (Å²) in [6, 6.07) is 15.9. The number of carbonyl (C=O) groups is 2. The van der Waals surface area contributed by atoms with Crippen molar-refractivity contribution < 1.29 is 9.59 Å². The normalized spacial score (nSPS) is 16.4. The van der Waals surface area contributed by atoms with Gasteiger partial charge in [-0.25, -0.2) is 0 Å². The molecule has 0 radical (unpaired) electrons. The molecule has 0 saturated carbocycles. The van der Waals surface area contributed by atoms with Crippen molar-refractivity contribution in [2.24, 2.45) is 0 Å². The van der Waals surface area contributed by atoms with Crippen LogP contribution in [0.2, 0.25) is 0 Å². The van der Waals surface area contributed by atoms with E-state index in [9.17, 15) is 9.59 Å². The summed E-state index contributed by atoms with van der Waals surface area (Å²) in [5.74, 6) is -0.631. The number of aryl methyl sites for hydroxylation is 2. The number of rotatable bonds is 0. The van der Waals surface area contributed by atoms with Gasteiger partial charge in [-0.3, -0.25) is 14.9 Å². The van der Waals surface area contributed by atoms with Crippen molar-refractivity contribution in [3.63, 3.8) is 0 Å². The summed E-state index contributed by atoms with van der Waals surface area (Å²) < 4.78 is 0. The Morgan fingerprint density at radius 2 is 1.11 bits per heavy atom. The minimum absolute atomic E-state index is 0.316. The number of hydrogen-bond donors (Lipinski definition) is 3. The molecule has 5 nitrogen and oxygen atoms in total. The summed E-state index contributed by atoms with van der Waals surface area (Å²) in [4.78, 5) is 32.9. The number of amides is 2. The van der Waals surface area contributed by atoms with E-state index < -0.39 is 0 Å². The molecule has 0 unspecified atom stereocenters. The largest absolute Gasteiger partial charge is 0.358 e. The van der Waals surface area contributed by atoms with Crippen molar-refractivity contribution in [2.45, 2.75) is 19.3 Å². The lowest BCUT2D eigenvalue weighted by Gasteiger charge is -2.06. The standard InChI is InChI=1S/C23H17N3O2/c27-22-20-18-12-6-1-3-8-14(12)24-16(18)10-5-11-17-19(21(20)23(28)26-22)13-7-2-4-9-15(13)25-17/h1-4,6-9,24-25H,5,10-11H2,(H,26,27,28). The number of aromatic amines is 2. The minimum Gasteiger partial charge on any atom is -0.358 e. The number of para-hydroxylation sites is 2. The van der Waals surface area contributed by atoms with Crippen molar-refractivity contribution in [3.8, 4) is 0 Å². The number of carbonyl (C=O) groups excluding carboxylic acids is 2. The van der Waals surface area contributed by atoms with Gasteiger partial charge in [0.05, 0.1) is 11.1 Å². The van der Waals surface area contributed by atoms with E-state index in [4.69, 9.17) is 0 Å². The zero-order valence-corrected chi connectivity index (χ0v) is 15.1. The SMILES string of the molecule is O=C1NC(=O)C2=C1c1c([nH]c3ccccc13)CCCc1[nH]c3ccccc3c12. The maximum absolute atomic E-state index is 13.0. The number of benzene rings is 2. The van der Waals surface area contributed by atoms with Crippen LogP contribution in [0, 0.1) is 0 Å².